The lowest BCUT2D eigenvalue weighted by Gasteiger charge is -2.36. The topological polar surface area (TPSA) is 50.2 Å². The number of carbonyl (C=O) groups excluding carboxylic acids is 1. The molecular formula is C21H28N4O. The zero-order valence-electron chi connectivity index (χ0n) is 15.5. The molecule has 26 heavy (non-hydrogen) atoms. The summed E-state index contributed by atoms with van der Waals surface area (Å²) in [5.74, 6) is 0.136. The highest BCUT2D eigenvalue weighted by molar-refractivity contribution is 5.83. The number of hydrogen-bond acceptors (Lipinski definition) is 3. The normalized spacial score (nSPS) is 21.3. The second-order valence-electron chi connectivity index (χ2n) is 7.64. The number of aromatic nitrogens is 2. The monoisotopic (exact) mass is 352 g/mol. The van der Waals surface area contributed by atoms with Crippen molar-refractivity contribution >= 4 is 5.91 Å². The standard InChI is InChI=1S/C21H28N4O/c1-24-15-22-18-12-13-25(14-16-8-4-2-5-9-16)20(19(18)24)21(26)23-17-10-6-3-7-11-17/h2,4-5,8-9,15,17,20H,3,6-7,10-14H2,1H3,(H,23,26). The van der Waals surface area contributed by atoms with Crippen molar-refractivity contribution in [1.29, 1.82) is 0 Å². The molecule has 1 atom stereocenters. The number of hydrogen-bond donors (Lipinski definition) is 1. The van der Waals surface area contributed by atoms with Gasteiger partial charge in [0.1, 0.15) is 6.04 Å². The predicted octanol–water partition coefficient (Wildman–Crippen LogP) is 2.97. The van der Waals surface area contributed by atoms with E-state index < -0.39 is 0 Å². The summed E-state index contributed by atoms with van der Waals surface area (Å²) in [5, 5.41) is 3.34. The fourth-order valence-corrected chi connectivity index (χ4v) is 4.39. The third-order valence-corrected chi connectivity index (χ3v) is 5.75. The Bertz CT molecular complexity index is 749. The van der Waals surface area contributed by atoms with Crippen molar-refractivity contribution in [3.63, 3.8) is 0 Å². The van der Waals surface area contributed by atoms with Gasteiger partial charge in [0.15, 0.2) is 0 Å². The molecule has 0 spiro atoms. The van der Waals surface area contributed by atoms with Gasteiger partial charge in [-0.15, -0.1) is 0 Å². The van der Waals surface area contributed by atoms with Crippen molar-refractivity contribution in [3.8, 4) is 0 Å². The van der Waals surface area contributed by atoms with Gasteiger partial charge in [-0.1, -0.05) is 49.6 Å². The van der Waals surface area contributed by atoms with E-state index in [0.29, 0.717) is 6.04 Å². The molecule has 5 nitrogen and oxygen atoms in total. The van der Waals surface area contributed by atoms with Gasteiger partial charge in [-0.05, 0) is 18.4 Å². The van der Waals surface area contributed by atoms with Crippen molar-refractivity contribution < 1.29 is 4.79 Å². The second kappa shape index (κ2) is 7.62. The van der Waals surface area contributed by atoms with Gasteiger partial charge >= 0.3 is 0 Å². The predicted molar refractivity (Wildman–Crippen MR) is 102 cm³/mol. The van der Waals surface area contributed by atoms with E-state index >= 15 is 0 Å². The number of imidazole rings is 1. The third kappa shape index (κ3) is 3.54. The van der Waals surface area contributed by atoms with Crippen LogP contribution >= 0.6 is 0 Å². The van der Waals surface area contributed by atoms with Gasteiger partial charge in [0.05, 0.1) is 17.7 Å². The molecule has 1 aliphatic heterocycles. The Morgan fingerprint density at radius 1 is 1.19 bits per heavy atom. The maximum Gasteiger partial charge on any atom is 0.243 e. The van der Waals surface area contributed by atoms with Crippen molar-refractivity contribution in [1.82, 2.24) is 19.8 Å². The van der Waals surface area contributed by atoms with E-state index in [9.17, 15) is 4.79 Å². The molecule has 2 aliphatic rings. The molecule has 4 rings (SSSR count). The first-order valence-electron chi connectivity index (χ1n) is 9.81. The van der Waals surface area contributed by atoms with Gasteiger partial charge in [-0.25, -0.2) is 4.98 Å². The van der Waals surface area contributed by atoms with Crippen LogP contribution in [0, 0.1) is 0 Å². The molecule has 1 aliphatic carbocycles. The first-order chi connectivity index (χ1) is 12.7. The number of fused-ring (bicyclic) bond motifs is 1. The summed E-state index contributed by atoms with van der Waals surface area (Å²) >= 11 is 0. The van der Waals surface area contributed by atoms with E-state index in [-0.39, 0.29) is 11.9 Å². The summed E-state index contributed by atoms with van der Waals surface area (Å²) in [5.41, 5.74) is 3.37. The van der Waals surface area contributed by atoms with E-state index in [1.54, 1.807) is 0 Å². The molecule has 1 unspecified atom stereocenters. The van der Waals surface area contributed by atoms with Crippen molar-refractivity contribution in [2.24, 2.45) is 7.05 Å². The number of benzene rings is 1. The van der Waals surface area contributed by atoms with E-state index in [1.807, 2.05) is 24.0 Å². The Hall–Kier alpha value is -2.14. The zero-order chi connectivity index (χ0) is 17.9. The van der Waals surface area contributed by atoms with Crippen LogP contribution in [0.5, 0.6) is 0 Å². The molecule has 1 aromatic heterocycles. The Labute approximate surface area is 155 Å². The van der Waals surface area contributed by atoms with Gasteiger partial charge in [-0.3, -0.25) is 9.69 Å². The Balaban J connectivity index is 1.58. The molecule has 0 saturated heterocycles. The Kier molecular flexibility index (Phi) is 5.07. The van der Waals surface area contributed by atoms with Crippen LogP contribution in [0.2, 0.25) is 0 Å². The van der Waals surface area contributed by atoms with Gasteiger partial charge in [0.25, 0.3) is 0 Å². The first kappa shape index (κ1) is 17.3. The van der Waals surface area contributed by atoms with Crippen LogP contribution < -0.4 is 5.32 Å². The van der Waals surface area contributed by atoms with E-state index in [4.69, 9.17) is 0 Å². The Morgan fingerprint density at radius 2 is 1.96 bits per heavy atom. The van der Waals surface area contributed by atoms with Crippen molar-refractivity contribution in [3.05, 3.63) is 53.6 Å². The minimum absolute atomic E-state index is 0.136. The lowest BCUT2D eigenvalue weighted by Crippen LogP contribution is -2.48. The number of amides is 1. The minimum atomic E-state index is -0.256. The lowest BCUT2D eigenvalue weighted by molar-refractivity contribution is -0.128. The van der Waals surface area contributed by atoms with Crippen molar-refractivity contribution in [2.45, 2.75) is 57.2 Å². The number of nitrogens with zero attached hydrogens (tertiary/aromatic N) is 3. The van der Waals surface area contributed by atoms with E-state index in [2.05, 4.69) is 39.5 Å². The molecule has 138 valence electrons. The number of aryl methyl sites for hydroxylation is 1. The number of nitrogens with one attached hydrogen (secondary N) is 1. The zero-order valence-corrected chi connectivity index (χ0v) is 15.5. The average molecular weight is 352 g/mol. The molecule has 1 aromatic carbocycles. The summed E-state index contributed by atoms with van der Waals surface area (Å²) in [6, 6.07) is 10.5. The molecule has 1 fully saturated rings. The van der Waals surface area contributed by atoms with Crippen LogP contribution in [-0.2, 0) is 24.8 Å². The number of carbonyl (C=O) groups is 1. The molecular weight excluding hydrogens is 324 g/mol. The van der Waals surface area contributed by atoms with Crippen LogP contribution in [0.25, 0.3) is 0 Å². The van der Waals surface area contributed by atoms with E-state index in [0.717, 1.165) is 43.7 Å². The third-order valence-electron chi connectivity index (χ3n) is 5.75. The fraction of sp³-hybridized carbons (Fsp3) is 0.524. The van der Waals surface area contributed by atoms with Gasteiger partial charge in [0, 0.05) is 32.6 Å². The summed E-state index contributed by atoms with van der Waals surface area (Å²) in [6.45, 7) is 1.65. The molecule has 1 amide bonds. The first-order valence-corrected chi connectivity index (χ1v) is 9.81. The van der Waals surface area contributed by atoms with E-state index in [1.165, 1.54) is 24.8 Å². The SMILES string of the molecule is Cn1cnc2c1C(C(=O)NC1CCCCC1)N(Cc1ccccc1)CC2. The second-order valence-corrected chi connectivity index (χ2v) is 7.64. The number of rotatable bonds is 4. The Morgan fingerprint density at radius 3 is 2.73 bits per heavy atom. The van der Waals surface area contributed by atoms with Crippen LogP contribution in [-0.4, -0.2) is 32.9 Å². The largest absolute Gasteiger partial charge is 0.352 e. The van der Waals surface area contributed by atoms with Crippen LogP contribution in [0.4, 0.5) is 0 Å². The van der Waals surface area contributed by atoms with Gasteiger partial charge in [-0.2, -0.15) is 0 Å². The minimum Gasteiger partial charge on any atom is -0.352 e. The molecule has 2 aromatic rings. The van der Waals surface area contributed by atoms with Crippen LogP contribution in [0.15, 0.2) is 36.7 Å². The highest BCUT2D eigenvalue weighted by Crippen LogP contribution is 2.31. The molecule has 1 N–H and O–H groups in total. The summed E-state index contributed by atoms with van der Waals surface area (Å²) in [4.78, 5) is 20.1. The van der Waals surface area contributed by atoms with Crippen LogP contribution in [0.1, 0.15) is 55.1 Å². The maximum absolute atomic E-state index is 13.3. The molecule has 2 heterocycles. The molecule has 0 radical (unpaired) electrons. The quantitative estimate of drug-likeness (QED) is 0.920. The summed E-state index contributed by atoms with van der Waals surface area (Å²) in [6.07, 6.45) is 8.70. The average Bonchev–Trinajstić information content (AvgIpc) is 3.04. The van der Waals surface area contributed by atoms with Crippen molar-refractivity contribution in [2.75, 3.05) is 6.54 Å². The summed E-state index contributed by atoms with van der Waals surface area (Å²) in [7, 11) is 2.00. The summed E-state index contributed by atoms with van der Waals surface area (Å²) < 4.78 is 2.03. The van der Waals surface area contributed by atoms with Crippen LogP contribution in [0.3, 0.4) is 0 Å². The highest BCUT2D eigenvalue weighted by atomic mass is 16.2. The lowest BCUT2D eigenvalue weighted by atomic mass is 9.94. The maximum atomic E-state index is 13.3. The molecule has 1 saturated carbocycles. The smallest absolute Gasteiger partial charge is 0.243 e. The van der Waals surface area contributed by atoms with Gasteiger partial charge in [0.2, 0.25) is 5.91 Å². The fourth-order valence-electron chi connectivity index (χ4n) is 4.39. The highest BCUT2D eigenvalue weighted by Gasteiger charge is 2.36. The molecule has 5 heteroatoms. The van der Waals surface area contributed by atoms with Gasteiger partial charge < -0.3 is 9.88 Å². The molecule has 0 bridgehead atoms.